The number of piperidine rings is 3. The molecule has 8 heterocycles. The van der Waals surface area contributed by atoms with E-state index in [4.69, 9.17) is 57.0 Å². The number of thioether (sulfide) groups is 1. The molecule has 5 amide bonds. The number of halogens is 4. The molecule has 0 bridgehead atoms. The van der Waals surface area contributed by atoms with E-state index in [9.17, 15) is 46.7 Å². The number of rotatable bonds is 18. The number of nitrogens with one attached hydrogen (secondary N) is 5. The number of H-pyrrole nitrogens is 1. The third-order valence-electron chi connectivity index (χ3n) is 16.5. The van der Waals surface area contributed by atoms with E-state index in [1.54, 1.807) is 82.6 Å². The van der Waals surface area contributed by atoms with Gasteiger partial charge in [0, 0.05) is 122 Å². The Morgan fingerprint density at radius 1 is 0.610 bits per heavy atom. The van der Waals surface area contributed by atoms with Crippen LogP contribution in [0.5, 0.6) is 17.4 Å². The third kappa shape index (κ3) is 39.4. The van der Waals surface area contributed by atoms with Crippen LogP contribution >= 0.6 is 70.0 Å². The Bertz CT molecular complexity index is 4330. The summed E-state index contributed by atoms with van der Waals surface area (Å²) < 4.78 is 83.4. The zero-order valence-corrected chi connectivity index (χ0v) is 74.3. The molecule has 0 unspecified atom stereocenters. The van der Waals surface area contributed by atoms with Gasteiger partial charge in [0.2, 0.25) is 5.88 Å². The number of urea groups is 1. The molecule has 644 valence electrons. The molecule has 5 N–H and O–H groups in total. The number of carbonyl (C=O) groups excluding carboxylic acids is 6. The van der Waals surface area contributed by atoms with Gasteiger partial charge in [-0.2, -0.15) is 21.1 Å². The second-order valence-corrected chi connectivity index (χ2v) is 34.8. The van der Waals surface area contributed by atoms with Gasteiger partial charge in [-0.05, 0) is 199 Å². The lowest BCUT2D eigenvalue weighted by atomic mass is 9.98. The van der Waals surface area contributed by atoms with Crippen molar-refractivity contribution >= 4 is 123 Å². The van der Waals surface area contributed by atoms with E-state index in [-0.39, 0.29) is 71.5 Å². The van der Waals surface area contributed by atoms with Crippen molar-refractivity contribution in [1.29, 1.82) is 0 Å². The van der Waals surface area contributed by atoms with Crippen molar-refractivity contribution in [2.24, 2.45) is 11.8 Å². The number of benzene rings is 3. The molecular weight excluding hydrogens is 1640 g/mol. The number of methoxy groups -OCH3 is 1. The number of ether oxygens (including phenoxy) is 7. The lowest BCUT2D eigenvalue weighted by Gasteiger charge is -2.33. The van der Waals surface area contributed by atoms with Crippen LogP contribution in [0.4, 0.5) is 43.7 Å². The van der Waals surface area contributed by atoms with Crippen molar-refractivity contribution < 1.29 is 75.1 Å². The number of hydrogen-bond donors (Lipinski definition) is 5. The maximum atomic E-state index is 13.6. The summed E-state index contributed by atoms with van der Waals surface area (Å²) in [6, 6.07) is 25.0. The molecule has 11 rings (SSSR count). The monoisotopic (exact) mass is 1750 g/mol. The maximum absolute atomic E-state index is 13.6. The molecule has 0 spiro atoms. The van der Waals surface area contributed by atoms with Gasteiger partial charge in [-0.15, -0.1) is 22.7 Å². The highest BCUT2D eigenvalue weighted by atomic mass is 35.5. The minimum Gasteiger partial charge on any atom is -0.491 e. The number of carbonyl (C=O) groups is 6. The molecule has 8 aromatic rings. The quantitative estimate of drug-likeness (QED) is 0.0231. The van der Waals surface area contributed by atoms with E-state index in [0.29, 0.717) is 126 Å². The number of ketones is 1. The largest absolute Gasteiger partial charge is 0.491 e. The predicted molar refractivity (Wildman–Crippen MR) is 464 cm³/mol. The standard InChI is InChI=1S/C19H29N3O4.C19H29N3O3S.C17H24FNO2S.C11H8FNOS.C7H12N2O2S.C5H5ClN2O.C5H3FOS/c1-19(2,3)26-18(24)22-11-9-14(10-12-22)13-25-16-8-6-5-7-15(16)21-17(23)20-4;1-19(2,3)25-18(23)22-11-9-14(10-12-22)13-24-16-8-6-5-7-15(16)21-17(26)20-4;1-17(2,3)21-16(20)19-10-8-14(9-11-19)22-12-13-6-4-5-7-15(13)18;12-10-7-15-6-9(10)5-11(14)8-1-3-13-4-2-8;1-7(2,3)11-4-5-6(10)9-12-8-5;1-9-5-3-7-2-4(6)8-5;6-5-3-8-2-4(5)1-7/h5-8,14H,9-13H2,1-4H3,(H2,20,21,23);5-8,14H,9-13H2,1-4H3,(H2,20,21,26);4-7,14H,8-12H2,1-3H3;1-4,6-7H,5H2;4H2,1-3H3,(H,9,10);2-3H,1H3;1-3H. The molecule has 0 atom stereocenters. The van der Waals surface area contributed by atoms with Gasteiger partial charge in [0.1, 0.15) is 51.4 Å². The van der Waals surface area contributed by atoms with Crippen molar-refractivity contribution in [2.75, 3.05) is 84.3 Å². The Morgan fingerprint density at radius 3 is 1.52 bits per heavy atom. The summed E-state index contributed by atoms with van der Waals surface area (Å²) in [5.41, 5.74) is 2.11. The second-order valence-electron chi connectivity index (χ2n) is 30.6. The number of amides is 5. The molecule has 0 aliphatic carbocycles. The third-order valence-corrected chi connectivity index (χ3v) is 20.5. The molecule has 35 heteroatoms. The number of Topliss-reactive ketones (excluding diaryl/α,β-unsaturated/α-hetero) is 1. The minimum absolute atomic E-state index is 0.0882. The predicted octanol–water partition coefficient (Wildman–Crippen LogP) is 18.2. The first-order valence-corrected chi connectivity index (χ1v) is 42.5. The number of para-hydroxylation sites is 4. The van der Waals surface area contributed by atoms with Crippen molar-refractivity contribution in [3.8, 4) is 17.4 Å². The van der Waals surface area contributed by atoms with Crippen LogP contribution in [0, 0.1) is 29.3 Å². The van der Waals surface area contributed by atoms with Gasteiger partial charge in [-0.3, -0.25) is 28.7 Å². The fourth-order valence-electron chi connectivity index (χ4n) is 10.4. The number of aromatic amines is 1. The zero-order valence-electron chi connectivity index (χ0n) is 69.4. The SMILES string of the molecule is CC(C)(C)OC(=O)N1CCC(SCc2ccccc2F)CC1.CC(C)(C)OCc1ns[nH]c1=O.CNC(=O)Nc1ccccc1OCC1CCN(C(=O)OC(C)(C)C)CC1.CNC(=S)Nc1ccccc1OCC1CCN(C(=O)OC(C)(C)C)CC1.COc1cncc(Cl)n1.O=C(Cc1cscc1F)c1ccncc1.O=Cc1cscc1F. The van der Waals surface area contributed by atoms with Crippen LogP contribution in [-0.2, 0) is 37.7 Å². The molecular formula is C83H110ClF3N12O14S5. The highest BCUT2D eigenvalue weighted by molar-refractivity contribution is 7.99. The van der Waals surface area contributed by atoms with Crippen molar-refractivity contribution in [2.45, 2.75) is 168 Å². The van der Waals surface area contributed by atoms with Crippen LogP contribution in [0.3, 0.4) is 0 Å². The highest BCUT2D eigenvalue weighted by Crippen LogP contribution is 2.31. The van der Waals surface area contributed by atoms with Gasteiger partial charge < -0.3 is 69.1 Å². The average molecular weight is 1750 g/mol. The first-order chi connectivity index (χ1) is 55.8. The van der Waals surface area contributed by atoms with E-state index in [0.717, 1.165) is 67.3 Å². The van der Waals surface area contributed by atoms with Crippen LogP contribution < -0.4 is 41.0 Å². The van der Waals surface area contributed by atoms with Crippen LogP contribution in [-0.4, -0.2) is 181 Å². The van der Waals surface area contributed by atoms with E-state index in [1.165, 1.54) is 64.4 Å². The lowest BCUT2D eigenvalue weighted by Crippen LogP contribution is -2.42. The zero-order chi connectivity index (χ0) is 87.0. The van der Waals surface area contributed by atoms with Gasteiger partial charge >= 0.3 is 24.3 Å². The molecule has 3 fully saturated rings. The second kappa shape index (κ2) is 50.5. The van der Waals surface area contributed by atoms with Gasteiger partial charge in [0.15, 0.2) is 22.3 Å². The number of hydrogen-bond acceptors (Lipinski definition) is 23. The van der Waals surface area contributed by atoms with Crippen molar-refractivity contribution in [3.05, 3.63) is 192 Å². The number of pyridine rings is 1. The Hall–Kier alpha value is -9.45. The fourth-order valence-corrected chi connectivity index (χ4v) is 13.7. The number of aldehydes is 1. The van der Waals surface area contributed by atoms with Gasteiger partial charge in [0.05, 0.1) is 61.9 Å². The molecule has 3 aliphatic rings. The Labute approximate surface area is 716 Å². The number of thiocarbonyl (C=S) groups is 1. The summed E-state index contributed by atoms with van der Waals surface area (Å²) in [6.07, 6.45) is 11.4. The Kier molecular flexibility index (Phi) is 42.4. The van der Waals surface area contributed by atoms with Crippen LogP contribution in [0.15, 0.2) is 136 Å². The molecule has 5 aromatic heterocycles. The highest BCUT2D eigenvalue weighted by Gasteiger charge is 2.31. The maximum Gasteiger partial charge on any atom is 0.410 e. The molecule has 118 heavy (non-hydrogen) atoms. The van der Waals surface area contributed by atoms with Gasteiger partial charge in [-0.1, -0.05) is 54.1 Å². The smallest absolute Gasteiger partial charge is 0.410 e. The Balaban J connectivity index is 0.000000254. The van der Waals surface area contributed by atoms with Crippen LogP contribution in [0.2, 0.25) is 5.15 Å². The molecule has 3 aliphatic heterocycles. The number of anilines is 2. The molecule has 0 radical (unpaired) electrons. The number of thiophene rings is 2. The summed E-state index contributed by atoms with van der Waals surface area (Å²) in [5.74, 6) is 2.36. The fraction of sp³-hybridized carbons (Fsp3) is 0.470. The summed E-state index contributed by atoms with van der Waals surface area (Å²) in [5, 5.41) is 18.5. The van der Waals surface area contributed by atoms with Gasteiger partial charge in [0.25, 0.3) is 5.56 Å². The summed E-state index contributed by atoms with van der Waals surface area (Å²) in [7, 11) is 4.86. The summed E-state index contributed by atoms with van der Waals surface area (Å²) >= 11 is 15.9. The van der Waals surface area contributed by atoms with Crippen molar-refractivity contribution in [1.82, 2.24) is 49.0 Å². The number of likely N-dealkylation sites (tertiary alicyclic amines) is 3. The van der Waals surface area contributed by atoms with Gasteiger partial charge in [-0.25, -0.2) is 32.3 Å². The minimum atomic E-state index is -0.474. The first-order valence-electron chi connectivity index (χ1n) is 38.0. The van der Waals surface area contributed by atoms with Crippen LogP contribution in [0.1, 0.15) is 159 Å². The van der Waals surface area contributed by atoms with E-state index in [1.807, 2.05) is 138 Å². The average Bonchev–Trinajstić information content (AvgIpc) is 1.13. The Morgan fingerprint density at radius 2 is 1.10 bits per heavy atom. The summed E-state index contributed by atoms with van der Waals surface area (Å²) in [6.45, 7) is 28.3. The normalized spacial score (nSPS) is 13.7. The van der Waals surface area contributed by atoms with Crippen LogP contribution in [0.25, 0.3) is 0 Å². The molecule has 3 aromatic carbocycles. The van der Waals surface area contributed by atoms with E-state index >= 15 is 0 Å². The molecule has 0 saturated carbocycles. The van der Waals surface area contributed by atoms with E-state index < -0.39 is 22.6 Å². The first kappa shape index (κ1) is 99.1. The lowest BCUT2D eigenvalue weighted by molar-refractivity contribution is -0.0166. The summed E-state index contributed by atoms with van der Waals surface area (Å²) in [4.78, 5) is 96.8. The molecule has 3 saturated heterocycles. The van der Waals surface area contributed by atoms with Crippen molar-refractivity contribution in [3.63, 3.8) is 0 Å². The van der Waals surface area contributed by atoms with E-state index in [2.05, 4.69) is 45.0 Å². The number of aromatic nitrogens is 5. The number of nitrogens with zero attached hydrogens (tertiary/aromatic N) is 7. The molecule has 26 nitrogen and oxygen atoms in total. The topological polar surface area (TPSA) is 309 Å².